The first-order valence-electron chi connectivity index (χ1n) is 10.1. The van der Waals surface area contributed by atoms with E-state index in [9.17, 15) is 19.7 Å². The molecule has 0 spiro atoms. The van der Waals surface area contributed by atoms with Gasteiger partial charge in [-0.3, -0.25) is 19.7 Å². The van der Waals surface area contributed by atoms with Gasteiger partial charge < -0.3 is 10.2 Å². The predicted octanol–water partition coefficient (Wildman–Crippen LogP) is 5.08. The van der Waals surface area contributed by atoms with Gasteiger partial charge in [0.1, 0.15) is 6.04 Å². The number of thioether (sulfide) groups is 1. The Labute approximate surface area is 201 Å². The van der Waals surface area contributed by atoms with Crippen LogP contribution in [0.2, 0.25) is 10.0 Å². The normalized spacial score (nSPS) is 11.6. The number of carbonyl (C=O) groups excluding carboxylic acids is 2. The highest BCUT2D eigenvalue weighted by molar-refractivity contribution is 7.99. The summed E-state index contributed by atoms with van der Waals surface area (Å²) in [5, 5.41) is 14.4. The molecule has 172 valence electrons. The number of halogens is 2. The average Bonchev–Trinajstić information content (AvgIpc) is 2.76. The van der Waals surface area contributed by atoms with Crippen LogP contribution in [0.15, 0.2) is 42.5 Å². The number of hydrogen-bond acceptors (Lipinski definition) is 5. The van der Waals surface area contributed by atoms with Crippen LogP contribution in [0.4, 0.5) is 5.69 Å². The zero-order valence-corrected chi connectivity index (χ0v) is 20.2. The van der Waals surface area contributed by atoms with Crippen molar-refractivity contribution >= 4 is 52.5 Å². The summed E-state index contributed by atoms with van der Waals surface area (Å²) in [6.45, 7) is 4.24. The molecule has 2 rings (SSSR count). The fourth-order valence-corrected chi connectivity index (χ4v) is 4.51. The van der Waals surface area contributed by atoms with Crippen molar-refractivity contribution in [3.05, 3.63) is 73.8 Å². The molecule has 0 heterocycles. The van der Waals surface area contributed by atoms with Crippen molar-refractivity contribution in [1.29, 1.82) is 0 Å². The van der Waals surface area contributed by atoms with Crippen LogP contribution in [-0.2, 0) is 21.9 Å². The third-order valence-electron chi connectivity index (χ3n) is 4.77. The molecule has 2 amide bonds. The molecule has 0 aromatic heterocycles. The number of nitro benzene ring substituents is 1. The van der Waals surface area contributed by atoms with Crippen molar-refractivity contribution in [3.63, 3.8) is 0 Å². The minimum Gasteiger partial charge on any atom is -0.355 e. The Kier molecular flexibility index (Phi) is 10.3. The third-order valence-corrected chi connectivity index (χ3v) is 6.47. The maximum absolute atomic E-state index is 13.2. The number of nitro groups is 1. The summed E-state index contributed by atoms with van der Waals surface area (Å²) in [7, 11) is 0. The molecule has 0 saturated heterocycles. The second-order valence-electron chi connectivity index (χ2n) is 6.96. The standard InChI is InChI=1S/C22H25Cl2N3O4S/c1-3-20(22(29)25-4-2)26(12-17-18(23)6-5-7-19(17)24)21(28)14-32-13-15-8-10-16(11-9-15)27(30)31/h5-11,20H,3-4,12-14H2,1-2H3,(H,25,29). The SMILES string of the molecule is CCNC(=O)C(CC)N(Cc1c(Cl)cccc1Cl)C(=O)CSCc1ccc([N+](=O)[O-])cc1. The van der Waals surface area contributed by atoms with Gasteiger partial charge in [-0.2, -0.15) is 0 Å². The largest absolute Gasteiger partial charge is 0.355 e. The summed E-state index contributed by atoms with van der Waals surface area (Å²) >= 11 is 14.0. The smallest absolute Gasteiger partial charge is 0.269 e. The van der Waals surface area contributed by atoms with E-state index in [1.165, 1.54) is 28.8 Å². The maximum atomic E-state index is 13.2. The first kappa shape index (κ1) is 26.0. The highest BCUT2D eigenvalue weighted by Crippen LogP contribution is 2.27. The predicted molar refractivity (Wildman–Crippen MR) is 129 cm³/mol. The number of likely N-dealkylation sites (N-methyl/N-ethyl adjacent to an activating group) is 1. The summed E-state index contributed by atoms with van der Waals surface area (Å²) in [5.74, 6) is 0.190. The highest BCUT2D eigenvalue weighted by Gasteiger charge is 2.29. The number of carbonyl (C=O) groups is 2. The van der Waals surface area contributed by atoms with Gasteiger partial charge >= 0.3 is 0 Å². The molecule has 1 N–H and O–H groups in total. The van der Waals surface area contributed by atoms with Gasteiger partial charge in [0.25, 0.3) is 5.69 Å². The van der Waals surface area contributed by atoms with E-state index in [1.807, 2.05) is 13.8 Å². The van der Waals surface area contributed by atoms with Crippen molar-refractivity contribution in [2.45, 2.75) is 38.6 Å². The van der Waals surface area contributed by atoms with Gasteiger partial charge in [0, 0.05) is 46.6 Å². The molecule has 0 bridgehead atoms. The van der Waals surface area contributed by atoms with Crippen LogP contribution < -0.4 is 5.32 Å². The van der Waals surface area contributed by atoms with Gasteiger partial charge in [-0.1, -0.05) is 48.3 Å². The minimum absolute atomic E-state index is 0.0188. The van der Waals surface area contributed by atoms with Crippen LogP contribution in [0.3, 0.4) is 0 Å². The quantitative estimate of drug-likeness (QED) is 0.345. The lowest BCUT2D eigenvalue weighted by Gasteiger charge is -2.31. The molecule has 2 aromatic rings. The molecule has 2 aromatic carbocycles. The van der Waals surface area contributed by atoms with E-state index in [1.54, 1.807) is 30.3 Å². The number of nitrogens with zero attached hydrogens (tertiary/aromatic N) is 2. The van der Waals surface area contributed by atoms with Crippen LogP contribution in [0.25, 0.3) is 0 Å². The van der Waals surface area contributed by atoms with Gasteiger partial charge in [-0.05, 0) is 31.0 Å². The van der Waals surface area contributed by atoms with Crippen molar-refractivity contribution in [2.75, 3.05) is 12.3 Å². The van der Waals surface area contributed by atoms with Crippen LogP contribution >= 0.6 is 35.0 Å². The maximum Gasteiger partial charge on any atom is 0.269 e. The number of amides is 2. The van der Waals surface area contributed by atoms with Crippen molar-refractivity contribution in [2.24, 2.45) is 0 Å². The van der Waals surface area contributed by atoms with Crippen LogP contribution in [0.5, 0.6) is 0 Å². The van der Waals surface area contributed by atoms with Gasteiger partial charge in [-0.15, -0.1) is 11.8 Å². The number of benzene rings is 2. The Morgan fingerprint density at radius 1 is 1.12 bits per heavy atom. The summed E-state index contributed by atoms with van der Waals surface area (Å²) in [6, 6.07) is 10.7. The first-order chi connectivity index (χ1) is 15.3. The van der Waals surface area contributed by atoms with E-state index in [-0.39, 0.29) is 29.8 Å². The molecule has 0 radical (unpaired) electrons. The fraction of sp³-hybridized carbons (Fsp3) is 0.364. The molecule has 0 fully saturated rings. The summed E-state index contributed by atoms with van der Waals surface area (Å²) in [6.07, 6.45) is 0.437. The second-order valence-corrected chi connectivity index (χ2v) is 8.76. The van der Waals surface area contributed by atoms with Crippen molar-refractivity contribution in [1.82, 2.24) is 10.2 Å². The lowest BCUT2D eigenvalue weighted by Crippen LogP contribution is -2.49. The van der Waals surface area contributed by atoms with E-state index in [0.717, 1.165) is 5.56 Å². The first-order valence-corrected chi connectivity index (χ1v) is 12.0. The van der Waals surface area contributed by atoms with E-state index in [2.05, 4.69) is 5.32 Å². The molecular formula is C22H25Cl2N3O4S. The summed E-state index contributed by atoms with van der Waals surface area (Å²) < 4.78 is 0. The number of hydrogen-bond donors (Lipinski definition) is 1. The van der Waals surface area contributed by atoms with Crippen LogP contribution in [-0.4, -0.2) is 40.0 Å². The lowest BCUT2D eigenvalue weighted by atomic mass is 10.1. The molecule has 1 unspecified atom stereocenters. The van der Waals surface area contributed by atoms with Crippen LogP contribution in [0, 0.1) is 10.1 Å². The fourth-order valence-electron chi connectivity index (χ4n) is 3.12. The van der Waals surface area contributed by atoms with E-state index >= 15 is 0 Å². The number of non-ortho nitro benzene ring substituents is 1. The molecule has 0 saturated carbocycles. The molecule has 1 atom stereocenters. The third kappa shape index (κ3) is 7.12. The monoisotopic (exact) mass is 497 g/mol. The second kappa shape index (κ2) is 12.7. The molecule has 32 heavy (non-hydrogen) atoms. The van der Waals surface area contributed by atoms with E-state index < -0.39 is 11.0 Å². The average molecular weight is 498 g/mol. The Morgan fingerprint density at radius 3 is 2.28 bits per heavy atom. The van der Waals surface area contributed by atoms with Crippen molar-refractivity contribution in [3.8, 4) is 0 Å². The highest BCUT2D eigenvalue weighted by atomic mass is 35.5. The van der Waals surface area contributed by atoms with Gasteiger partial charge in [0.05, 0.1) is 10.7 Å². The van der Waals surface area contributed by atoms with E-state index in [4.69, 9.17) is 23.2 Å². The minimum atomic E-state index is -0.658. The Balaban J connectivity index is 2.15. The molecule has 0 aliphatic heterocycles. The lowest BCUT2D eigenvalue weighted by molar-refractivity contribution is -0.384. The molecule has 0 aliphatic carbocycles. The van der Waals surface area contributed by atoms with Gasteiger partial charge in [-0.25, -0.2) is 0 Å². The molecular weight excluding hydrogens is 473 g/mol. The number of rotatable bonds is 11. The zero-order chi connectivity index (χ0) is 23.7. The van der Waals surface area contributed by atoms with Crippen molar-refractivity contribution < 1.29 is 14.5 Å². The topological polar surface area (TPSA) is 92.6 Å². The Hall–Kier alpha value is -2.29. The molecule has 10 heteroatoms. The summed E-state index contributed by atoms with van der Waals surface area (Å²) in [5.41, 5.74) is 1.47. The van der Waals surface area contributed by atoms with Gasteiger partial charge in [0.15, 0.2) is 0 Å². The molecule has 7 nitrogen and oxygen atoms in total. The Morgan fingerprint density at radius 2 is 1.75 bits per heavy atom. The molecule has 0 aliphatic rings. The Bertz CT molecular complexity index is 936. The van der Waals surface area contributed by atoms with Crippen LogP contribution in [0.1, 0.15) is 31.4 Å². The summed E-state index contributed by atoms with van der Waals surface area (Å²) in [4.78, 5) is 37.6. The van der Waals surface area contributed by atoms with Gasteiger partial charge in [0.2, 0.25) is 11.8 Å². The van der Waals surface area contributed by atoms with E-state index in [0.29, 0.717) is 34.3 Å². The zero-order valence-electron chi connectivity index (χ0n) is 17.8. The number of nitrogens with one attached hydrogen (secondary N) is 1.